The molecule has 0 heterocycles. The molecule has 0 aliphatic rings. The second-order valence-corrected chi connectivity index (χ2v) is 4.87. The Morgan fingerprint density at radius 1 is 1.00 bits per heavy atom. The molecule has 0 aliphatic heterocycles. The molecule has 2 aromatic carbocycles. The first-order valence-corrected chi connectivity index (χ1v) is 7.05. The second-order valence-electron chi connectivity index (χ2n) is 4.87. The molecule has 0 fully saturated rings. The highest BCUT2D eigenvalue weighted by Crippen LogP contribution is 2.28. The highest BCUT2D eigenvalue weighted by atomic mass is 16.5. The van der Waals surface area contributed by atoms with E-state index in [2.05, 4.69) is 32.9 Å². The van der Waals surface area contributed by atoms with Crippen LogP contribution in [0.5, 0.6) is 5.75 Å². The smallest absolute Gasteiger partial charge is 0.343 e. The van der Waals surface area contributed by atoms with Gasteiger partial charge in [-0.3, -0.25) is 0 Å². The molecule has 2 heteroatoms. The first kappa shape index (κ1) is 14.3. The Balaban J connectivity index is 2.35. The van der Waals surface area contributed by atoms with E-state index >= 15 is 0 Å². The average molecular weight is 268 g/mol. The summed E-state index contributed by atoms with van der Waals surface area (Å²) >= 11 is 0. The van der Waals surface area contributed by atoms with Crippen molar-refractivity contribution in [1.29, 1.82) is 0 Å². The fourth-order valence-electron chi connectivity index (χ4n) is 2.31. The molecular weight excluding hydrogens is 248 g/mol. The molecule has 104 valence electrons. The summed E-state index contributed by atoms with van der Waals surface area (Å²) < 4.78 is 5.66. The predicted molar refractivity (Wildman–Crippen MR) is 81.3 cm³/mol. The normalized spacial score (nSPS) is 10.3. The van der Waals surface area contributed by atoms with E-state index in [0.717, 1.165) is 29.7 Å². The minimum absolute atomic E-state index is 0.293. The van der Waals surface area contributed by atoms with Crippen LogP contribution in [0.2, 0.25) is 0 Å². The molecule has 0 aliphatic carbocycles. The monoisotopic (exact) mass is 268 g/mol. The van der Waals surface area contributed by atoms with E-state index in [9.17, 15) is 4.79 Å². The number of aryl methyl sites for hydroxylation is 3. The Hall–Kier alpha value is -2.09. The van der Waals surface area contributed by atoms with Gasteiger partial charge < -0.3 is 4.74 Å². The van der Waals surface area contributed by atoms with Gasteiger partial charge in [0.1, 0.15) is 5.75 Å². The number of carbonyl (C=O) groups excluding carboxylic acids is 1. The molecule has 0 atom stereocenters. The third-order valence-electron chi connectivity index (χ3n) is 3.35. The summed E-state index contributed by atoms with van der Waals surface area (Å²) in [6, 6.07) is 13.3. The summed E-state index contributed by atoms with van der Waals surface area (Å²) in [4.78, 5) is 12.2. The summed E-state index contributed by atoms with van der Waals surface area (Å²) in [7, 11) is 0. The number of ether oxygens (including phenoxy) is 1. The van der Waals surface area contributed by atoms with Gasteiger partial charge in [0.05, 0.1) is 5.56 Å². The van der Waals surface area contributed by atoms with Gasteiger partial charge in [0.2, 0.25) is 0 Å². The van der Waals surface area contributed by atoms with Gasteiger partial charge in [-0.1, -0.05) is 49.7 Å². The third kappa shape index (κ3) is 3.08. The number of benzene rings is 2. The molecule has 0 bridgehead atoms. The Labute approximate surface area is 120 Å². The molecule has 0 spiro atoms. The van der Waals surface area contributed by atoms with Crippen molar-refractivity contribution < 1.29 is 9.53 Å². The maximum absolute atomic E-state index is 12.2. The zero-order valence-corrected chi connectivity index (χ0v) is 12.3. The van der Waals surface area contributed by atoms with Crippen LogP contribution in [0.25, 0.3) is 0 Å². The van der Waals surface area contributed by atoms with Gasteiger partial charge in [0.25, 0.3) is 0 Å². The summed E-state index contributed by atoms with van der Waals surface area (Å²) in [6.45, 7) is 6.23. The van der Waals surface area contributed by atoms with Gasteiger partial charge in [-0.05, 0) is 43.0 Å². The lowest BCUT2D eigenvalue weighted by Gasteiger charge is -2.14. The van der Waals surface area contributed by atoms with Crippen LogP contribution < -0.4 is 4.74 Å². The summed E-state index contributed by atoms with van der Waals surface area (Å²) in [6.07, 6.45) is 1.71. The Kier molecular flexibility index (Phi) is 4.57. The molecular formula is C18H20O2. The number of rotatable bonds is 4. The van der Waals surface area contributed by atoms with Crippen LogP contribution in [0.4, 0.5) is 0 Å². The van der Waals surface area contributed by atoms with E-state index in [1.165, 1.54) is 5.56 Å². The second kappa shape index (κ2) is 6.38. The van der Waals surface area contributed by atoms with E-state index in [4.69, 9.17) is 4.74 Å². The molecule has 2 aromatic rings. The lowest BCUT2D eigenvalue weighted by molar-refractivity contribution is 0.0731. The van der Waals surface area contributed by atoms with Gasteiger partial charge in [-0.15, -0.1) is 0 Å². The standard InChI is InChI=1S/C18H20O2/c1-4-14-11-13(3)12-15(5-2)17(14)20-18(19)16-9-7-6-8-10-16/h6-12H,4-5H2,1-3H3. The van der Waals surface area contributed by atoms with E-state index in [-0.39, 0.29) is 5.97 Å². The van der Waals surface area contributed by atoms with Crippen LogP contribution in [-0.2, 0) is 12.8 Å². The van der Waals surface area contributed by atoms with Crippen molar-refractivity contribution in [3.05, 3.63) is 64.7 Å². The molecule has 2 rings (SSSR count). The SMILES string of the molecule is CCc1cc(C)cc(CC)c1OC(=O)c1ccccc1. The molecule has 0 N–H and O–H groups in total. The topological polar surface area (TPSA) is 26.3 Å². The first-order chi connectivity index (χ1) is 9.65. The lowest BCUT2D eigenvalue weighted by atomic mass is 10.0. The number of hydrogen-bond donors (Lipinski definition) is 0. The van der Waals surface area contributed by atoms with Crippen LogP contribution in [0.15, 0.2) is 42.5 Å². The quantitative estimate of drug-likeness (QED) is 0.609. The maximum atomic E-state index is 12.2. The summed E-state index contributed by atoms with van der Waals surface area (Å²) in [5, 5.41) is 0. The number of hydrogen-bond acceptors (Lipinski definition) is 2. The Morgan fingerprint density at radius 2 is 1.55 bits per heavy atom. The van der Waals surface area contributed by atoms with Crippen molar-refractivity contribution in [1.82, 2.24) is 0 Å². The van der Waals surface area contributed by atoms with Gasteiger partial charge in [0.15, 0.2) is 0 Å². The molecule has 0 saturated carbocycles. The molecule has 0 unspecified atom stereocenters. The zero-order valence-electron chi connectivity index (χ0n) is 12.3. The van der Waals surface area contributed by atoms with Crippen molar-refractivity contribution in [2.75, 3.05) is 0 Å². The van der Waals surface area contributed by atoms with Gasteiger partial charge in [0, 0.05) is 0 Å². The summed E-state index contributed by atoms with van der Waals surface area (Å²) in [5.41, 5.74) is 3.97. The maximum Gasteiger partial charge on any atom is 0.343 e. The average Bonchev–Trinajstić information content (AvgIpc) is 2.49. The van der Waals surface area contributed by atoms with Gasteiger partial charge >= 0.3 is 5.97 Å². The van der Waals surface area contributed by atoms with Crippen LogP contribution in [0.3, 0.4) is 0 Å². The van der Waals surface area contributed by atoms with Crippen LogP contribution in [0.1, 0.15) is 40.9 Å². The van der Waals surface area contributed by atoms with E-state index < -0.39 is 0 Å². The molecule has 2 nitrogen and oxygen atoms in total. The Morgan fingerprint density at radius 3 is 2.05 bits per heavy atom. The van der Waals surface area contributed by atoms with Gasteiger partial charge in [-0.25, -0.2) is 4.79 Å². The fraction of sp³-hybridized carbons (Fsp3) is 0.278. The van der Waals surface area contributed by atoms with Crippen molar-refractivity contribution in [2.24, 2.45) is 0 Å². The molecule has 0 aromatic heterocycles. The highest BCUT2D eigenvalue weighted by Gasteiger charge is 2.14. The number of esters is 1. The van der Waals surface area contributed by atoms with Crippen molar-refractivity contribution in [3.63, 3.8) is 0 Å². The third-order valence-corrected chi connectivity index (χ3v) is 3.35. The van der Waals surface area contributed by atoms with Crippen LogP contribution >= 0.6 is 0 Å². The van der Waals surface area contributed by atoms with Crippen molar-refractivity contribution in [3.8, 4) is 5.75 Å². The van der Waals surface area contributed by atoms with Crippen LogP contribution in [0, 0.1) is 6.92 Å². The summed E-state index contributed by atoms with van der Waals surface area (Å²) in [5.74, 6) is 0.438. The number of carbonyl (C=O) groups is 1. The molecule has 20 heavy (non-hydrogen) atoms. The minimum Gasteiger partial charge on any atom is -0.422 e. The molecule has 0 saturated heterocycles. The van der Waals surface area contributed by atoms with E-state index in [1.54, 1.807) is 12.1 Å². The van der Waals surface area contributed by atoms with E-state index in [1.807, 2.05) is 18.2 Å². The van der Waals surface area contributed by atoms with Crippen molar-refractivity contribution in [2.45, 2.75) is 33.6 Å². The molecule has 0 amide bonds. The molecule has 0 radical (unpaired) electrons. The first-order valence-electron chi connectivity index (χ1n) is 7.05. The largest absolute Gasteiger partial charge is 0.422 e. The zero-order chi connectivity index (χ0) is 14.5. The minimum atomic E-state index is -0.293. The van der Waals surface area contributed by atoms with Crippen molar-refractivity contribution >= 4 is 5.97 Å². The predicted octanol–water partition coefficient (Wildman–Crippen LogP) is 4.34. The Bertz CT molecular complexity index is 575. The fourth-order valence-corrected chi connectivity index (χ4v) is 2.31. The van der Waals surface area contributed by atoms with Crippen LogP contribution in [-0.4, -0.2) is 5.97 Å². The van der Waals surface area contributed by atoms with Gasteiger partial charge in [-0.2, -0.15) is 0 Å². The lowest BCUT2D eigenvalue weighted by Crippen LogP contribution is -2.11. The van der Waals surface area contributed by atoms with E-state index in [0.29, 0.717) is 5.56 Å². The highest BCUT2D eigenvalue weighted by molar-refractivity contribution is 5.91.